The molecule has 0 unspecified atom stereocenters. The summed E-state index contributed by atoms with van der Waals surface area (Å²) in [4.78, 5) is 39.6. The van der Waals surface area contributed by atoms with Crippen molar-refractivity contribution < 1.29 is 27.5 Å². The van der Waals surface area contributed by atoms with E-state index < -0.39 is 15.9 Å². The Kier molecular flexibility index (Phi) is 7.62. The molecule has 3 aromatic carbocycles. The number of nitrogens with zero attached hydrogens (tertiary/aromatic N) is 2. The average Bonchev–Trinajstić information content (AvgIpc) is 2.95. The molecule has 0 radical (unpaired) electrons. The van der Waals surface area contributed by atoms with Crippen molar-refractivity contribution in [1.29, 1.82) is 0 Å². The summed E-state index contributed by atoms with van der Waals surface area (Å²) in [5.74, 6) is -0.809. The number of fused-ring (bicyclic) bond motifs is 1. The van der Waals surface area contributed by atoms with E-state index in [4.69, 9.17) is 4.74 Å². The lowest BCUT2D eigenvalue weighted by atomic mass is 10.1. The van der Waals surface area contributed by atoms with Gasteiger partial charge in [-0.1, -0.05) is 24.6 Å². The van der Waals surface area contributed by atoms with Gasteiger partial charge in [0.25, 0.3) is 11.8 Å². The molecule has 3 aromatic rings. The Labute approximate surface area is 226 Å². The summed E-state index contributed by atoms with van der Waals surface area (Å²) in [6.45, 7) is 0.568. The van der Waals surface area contributed by atoms with Gasteiger partial charge in [0.05, 0.1) is 10.6 Å². The predicted molar refractivity (Wildman–Crippen MR) is 146 cm³/mol. The first-order valence-corrected chi connectivity index (χ1v) is 14.1. The number of sulfonamides is 1. The SMILES string of the molecule is O=C(CN1C(=O)COc2ccc(NC(=O)c3ccc(S(=O)(=O)N4CCCCC4)cc3)cc21)Nc1ccccc1. The number of amides is 3. The van der Waals surface area contributed by atoms with Crippen LogP contribution in [0.25, 0.3) is 0 Å². The van der Waals surface area contributed by atoms with E-state index >= 15 is 0 Å². The Morgan fingerprint density at radius 2 is 1.56 bits per heavy atom. The van der Waals surface area contributed by atoms with Crippen LogP contribution >= 0.6 is 0 Å². The molecule has 1 saturated heterocycles. The number of piperidine rings is 1. The maximum Gasteiger partial charge on any atom is 0.265 e. The molecule has 10 nitrogen and oxygen atoms in total. The van der Waals surface area contributed by atoms with E-state index in [1.54, 1.807) is 42.5 Å². The number of carbonyl (C=O) groups is 3. The van der Waals surface area contributed by atoms with Crippen LogP contribution in [0.1, 0.15) is 29.6 Å². The Morgan fingerprint density at radius 3 is 2.28 bits per heavy atom. The summed E-state index contributed by atoms with van der Waals surface area (Å²) in [5, 5.41) is 5.52. The molecular weight excluding hydrogens is 520 g/mol. The Balaban J connectivity index is 1.29. The van der Waals surface area contributed by atoms with Gasteiger partial charge in [-0.2, -0.15) is 4.31 Å². The van der Waals surface area contributed by atoms with Gasteiger partial charge in [-0.3, -0.25) is 19.3 Å². The largest absolute Gasteiger partial charge is 0.482 e. The minimum atomic E-state index is -3.60. The van der Waals surface area contributed by atoms with Gasteiger partial charge >= 0.3 is 0 Å². The Bertz CT molecular complexity index is 1490. The van der Waals surface area contributed by atoms with Crippen LogP contribution in [-0.2, 0) is 19.6 Å². The molecule has 0 aliphatic carbocycles. The van der Waals surface area contributed by atoms with Crippen LogP contribution in [0.5, 0.6) is 5.75 Å². The summed E-state index contributed by atoms with van der Waals surface area (Å²) in [5.41, 5.74) is 1.63. The second-order valence-electron chi connectivity index (χ2n) is 9.31. The lowest BCUT2D eigenvalue weighted by molar-refractivity contribution is -0.123. The molecule has 3 amide bonds. The second kappa shape index (κ2) is 11.3. The van der Waals surface area contributed by atoms with Gasteiger partial charge in [0.1, 0.15) is 12.3 Å². The molecule has 5 rings (SSSR count). The second-order valence-corrected chi connectivity index (χ2v) is 11.2. The van der Waals surface area contributed by atoms with Crippen molar-refractivity contribution in [2.45, 2.75) is 24.2 Å². The van der Waals surface area contributed by atoms with Gasteiger partial charge in [-0.25, -0.2) is 8.42 Å². The Morgan fingerprint density at radius 1 is 0.846 bits per heavy atom. The molecule has 1 fully saturated rings. The first-order valence-electron chi connectivity index (χ1n) is 12.6. The van der Waals surface area contributed by atoms with Crippen LogP contribution in [0.2, 0.25) is 0 Å². The van der Waals surface area contributed by atoms with Crippen molar-refractivity contribution in [2.75, 3.05) is 41.8 Å². The van der Waals surface area contributed by atoms with Gasteiger partial charge in [0.15, 0.2) is 6.61 Å². The van der Waals surface area contributed by atoms with Gasteiger partial charge in [-0.05, 0) is 67.4 Å². The van der Waals surface area contributed by atoms with E-state index in [-0.39, 0.29) is 35.4 Å². The summed E-state index contributed by atoms with van der Waals surface area (Å²) in [7, 11) is -3.60. The predicted octanol–water partition coefficient (Wildman–Crippen LogP) is 3.48. The quantitative estimate of drug-likeness (QED) is 0.466. The normalized spacial score (nSPS) is 15.7. The third-order valence-electron chi connectivity index (χ3n) is 6.59. The molecule has 11 heteroatoms. The maximum absolute atomic E-state index is 12.9. The van der Waals surface area contributed by atoms with Crippen molar-refractivity contribution >= 4 is 44.8 Å². The smallest absolute Gasteiger partial charge is 0.265 e. The number of hydrogen-bond donors (Lipinski definition) is 2. The highest BCUT2D eigenvalue weighted by molar-refractivity contribution is 7.89. The number of rotatable bonds is 7. The highest BCUT2D eigenvalue weighted by atomic mass is 32.2. The van der Waals surface area contributed by atoms with E-state index in [2.05, 4.69) is 10.6 Å². The van der Waals surface area contributed by atoms with Gasteiger partial charge in [-0.15, -0.1) is 0 Å². The van der Waals surface area contributed by atoms with E-state index in [0.29, 0.717) is 35.9 Å². The van der Waals surface area contributed by atoms with Crippen LogP contribution in [0.3, 0.4) is 0 Å². The van der Waals surface area contributed by atoms with Crippen LogP contribution in [0, 0.1) is 0 Å². The summed E-state index contributed by atoms with van der Waals surface area (Å²) in [6, 6.07) is 19.5. The number of benzene rings is 3. The van der Waals surface area contributed by atoms with Gasteiger partial charge in [0, 0.05) is 30.0 Å². The zero-order chi connectivity index (χ0) is 27.4. The molecule has 2 heterocycles. The number of hydrogen-bond acceptors (Lipinski definition) is 6. The highest BCUT2D eigenvalue weighted by Crippen LogP contribution is 2.34. The fourth-order valence-electron chi connectivity index (χ4n) is 4.55. The molecule has 0 saturated carbocycles. The monoisotopic (exact) mass is 548 g/mol. The third kappa shape index (κ3) is 5.94. The molecule has 0 atom stereocenters. The van der Waals surface area contributed by atoms with Crippen molar-refractivity contribution in [3.63, 3.8) is 0 Å². The summed E-state index contributed by atoms with van der Waals surface area (Å²) >= 11 is 0. The van der Waals surface area contributed by atoms with Gasteiger partial charge < -0.3 is 15.4 Å². The van der Waals surface area contributed by atoms with Gasteiger partial charge in [0.2, 0.25) is 15.9 Å². The Hall–Kier alpha value is -4.22. The number of nitrogens with one attached hydrogen (secondary N) is 2. The summed E-state index contributed by atoms with van der Waals surface area (Å²) < 4.78 is 32.8. The van der Waals surface area contributed by atoms with Crippen molar-refractivity contribution in [3.8, 4) is 5.75 Å². The molecule has 2 aliphatic heterocycles. The number of anilines is 3. The minimum absolute atomic E-state index is 0.148. The molecule has 0 spiro atoms. The molecule has 0 bridgehead atoms. The zero-order valence-electron chi connectivity index (χ0n) is 21.1. The fourth-order valence-corrected chi connectivity index (χ4v) is 6.07. The number of para-hydroxylation sites is 1. The van der Waals surface area contributed by atoms with E-state index in [9.17, 15) is 22.8 Å². The topological polar surface area (TPSA) is 125 Å². The van der Waals surface area contributed by atoms with Crippen molar-refractivity contribution in [2.24, 2.45) is 0 Å². The standard InChI is InChI=1S/C28H28N4O6S/c33-26(29-21-7-3-1-4-8-21)18-32-24-17-22(11-14-25(24)38-19-27(32)34)30-28(35)20-9-12-23(13-10-20)39(36,37)31-15-5-2-6-16-31/h1,3-4,7-14,17H,2,5-6,15-16,18-19H2,(H,29,33)(H,30,35). The summed E-state index contributed by atoms with van der Waals surface area (Å²) in [6.07, 6.45) is 2.70. The highest BCUT2D eigenvalue weighted by Gasteiger charge is 2.29. The first-order chi connectivity index (χ1) is 18.8. The number of carbonyl (C=O) groups excluding carboxylic acids is 3. The molecule has 39 heavy (non-hydrogen) atoms. The molecular formula is C28H28N4O6S. The van der Waals surface area contributed by atoms with Crippen LogP contribution in [-0.4, -0.2) is 56.7 Å². The van der Waals surface area contributed by atoms with E-state index in [1.807, 2.05) is 6.07 Å². The van der Waals surface area contributed by atoms with Crippen molar-refractivity contribution in [3.05, 3.63) is 78.4 Å². The minimum Gasteiger partial charge on any atom is -0.482 e. The molecule has 0 aromatic heterocycles. The lowest BCUT2D eigenvalue weighted by Gasteiger charge is -2.29. The average molecular weight is 549 g/mol. The third-order valence-corrected chi connectivity index (χ3v) is 8.50. The maximum atomic E-state index is 12.9. The molecule has 2 N–H and O–H groups in total. The van der Waals surface area contributed by atoms with Crippen molar-refractivity contribution in [1.82, 2.24) is 4.31 Å². The molecule has 2 aliphatic rings. The van der Waals surface area contributed by atoms with E-state index in [1.165, 1.54) is 33.5 Å². The fraction of sp³-hybridized carbons (Fsp3) is 0.250. The first kappa shape index (κ1) is 26.4. The number of ether oxygens (including phenoxy) is 1. The lowest BCUT2D eigenvalue weighted by Crippen LogP contribution is -2.43. The van der Waals surface area contributed by atoms with E-state index in [0.717, 1.165) is 19.3 Å². The van der Waals surface area contributed by atoms with Crippen LogP contribution in [0.4, 0.5) is 17.1 Å². The zero-order valence-corrected chi connectivity index (χ0v) is 21.9. The van der Waals surface area contributed by atoms with Crippen LogP contribution in [0.15, 0.2) is 77.7 Å². The molecule has 202 valence electrons. The van der Waals surface area contributed by atoms with Crippen LogP contribution < -0.4 is 20.3 Å².